The first-order valence-corrected chi connectivity index (χ1v) is 3.92. The summed E-state index contributed by atoms with van der Waals surface area (Å²) in [6.07, 6.45) is 2.82. The molecule has 2 N–H and O–H groups in total. The Morgan fingerprint density at radius 3 is 2.50 bits per heavy atom. The van der Waals surface area contributed by atoms with Gasteiger partial charge in [0.2, 0.25) is 5.82 Å². The van der Waals surface area contributed by atoms with E-state index in [0.717, 1.165) is 0 Å². The predicted octanol–water partition coefficient (Wildman–Crippen LogP) is -0.320. The van der Waals surface area contributed by atoms with E-state index >= 15 is 0 Å². The minimum Gasteiger partial charge on any atom is -0.480 e. The van der Waals surface area contributed by atoms with Crippen molar-refractivity contribution in [1.82, 2.24) is 15.3 Å². The van der Waals surface area contributed by atoms with E-state index in [4.69, 9.17) is 5.11 Å². The van der Waals surface area contributed by atoms with E-state index < -0.39 is 17.9 Å². The Morgan fingerprint density at radius 1 is 1.43 bits per heavy atom. The summed E-state index contributed by atoms with van der Waals surface area (Å²) in [7, 11) is 0. The molecular formula is C8H9N3O3. The average molecular weight is 195 g/mol. The third kappa shape index (κ3) is 2.51. The average Bonchev–Trinajstić information content (AvgIpc) is 2.19. The molecule has 0 aromatic carbocycles. The Morgan fingerprint density at radius 2 is 2.00 bits per heavy atom. The van der Waals surface area contributed by atoms with Crippen molar-refractivity contribution in [3.63, 3.8) is 0 Å². The molecule has 0 aliphatic heterocycles. The van der Waals surface area contributed by atoms with Crippen LogP contribution in [0.15, 0.2) is 18.5 Å². The quantitative estimate of drug-likeness (QED) is 0.689. The van der Waals surface area contributed by atoms with Crippen molar-refractivity contribution < 1.29 is 14.7 Å². The molecule has 0 unspecified atom stereocenters. The van der Waals surface area contributed by atoms with Crippen LogP contribution in [0.3, 0.4) is 0 Å². The highest BCUT2D eigenvalue weighted by molar-refractivity contribution is 5.93. The number of nitrogens with one attached hydrogen (secondary N) is 1. The van der Waals surface area contributed by atoms with Crippen molar-refractivity contribution in [1.29, 1.82) is 0 Å². The fraction of sp³-hybridized carbons (Fsp3) is 0.250. The second-order valence-electron chi connectivity index (χ2n) is 2.61. The van der Waals surface area contributed by atoms with Gasteiger partial charge >= 0.3 is 5.97 Å². The molecule has 1 aromatic heterocycles. The lowest BCUT2D eigenvalue weighted by Gasteiger charge is -2.07. The van der Waals surface area contributed by atoms with E-state index in [2.05, 4.69) is 15.3 Å². The Balaban J connectivity index is 2.64. The van der Waals surface area contributed by atoms with E-state index in [1.165, 1.54) is 19.3 Å². The maximum absolute atomic E-state index is 11.3. The van der Waals surface area contributed by atoms with Crippen molar-refractivity contribution in [2.24, 2.45) is 0 Å². The monoisotopic (exact) mass is 195 g/mol. The van der Waals surface area contributed by atoms with Crippen LogP contribution in [-0.4, -0.2) is 33.0 Å². The van der Waals surface area contributed by atoms with Gasteiger partial charge < -0.3 is 10.4 Å². The van der Waals surface area contributed by atoms with E-state index in [1.807, 2.05) is 0 Å². The van der Waals surface area contributed by atoms with Gasteiger partial charge in [-0.25, -0.2) is 9.97 Å². The molecule has 6 nitrogen and oxygen atoms in total. The molecular weight excluding hydrogens is 186 g/mol. The van der Waals surface area contributed by atoms with Crippen molar-refractivity contribution >= 4 is 11.9 Å². The van der Waals surface area contributed by atoms with Crippen LogP contribution < -0.4 is 5.32 Å². The highest BCUT2D eigenvalue weighted by atomic mass is 16.4. The summed E-state index contributed by atoms with van der Waals surface area (Å²) in [5, 5.41) is 10.8. The van der Waals surface area contributed by atoms with Gasteiger partial charge in [-0.05, 0) is 13.0 Å². The third-order valence-electron chi connectivity index (χ3n) is 1.49. The summed E-state index contributed by atoms with van der Waals surface area (Å²) in [5.74, 6) is -1.74. The molecule has 0 radical (unpaired) electrons. The SMILES string of the molecule is C[C@H](NC(=O)c1ncccn1)C(=O)O. The Kier molecular flexibility index (Phi) is 3.11. The second-order valence-corrected chi connectivity index (χ2v) is 2.61. The minimum atomic E-state index is -1.10. The highest BCUT2D eigenvalue weighted by Crippen LogP contribution is 1.89. The minimum absolute atomic E-state index is 0.0411. The van der Waals surface area contributed by atoms with Crippen LogP contribution in [0.5, 0.6) is 0 Å². The number of carbonyl (C=O) groups is 2. The zero-order valence-electron chi connectivity index (χ0n) is 7.47. The first-order chi connectivity index (χ1) is 6.61. The van der Waals surface area contributed by atoms with Crippen LogP contribution in [0.2, 0.25) is 0 Å². The molecule has 74 valence electrons. The van der Waals surface area contributed by atoms with Crippen molar-refractivity contribution in [3.05, 3.63) is 24.3 Å². The number of hydrogen-bond acceptors (Lipinski definition) is 4. The fourth-order valence-electron chi connectivity index (χ4n) is 0.739. The number of carboxylic acids is 1. The third-order valence-corrected chi connectivity index (χ3v) is 1.49. The molecule has 1 aromatic rings. The van der Waals surface area contributed by atoms with Crippen LogP contribution in [0, 0.1) is 0 Å². The maximum atomic E-state index is 11.3. The molecule has 0 bridgehead atoms. The first-order valence-electron chi connectivity index (χ1n) is 3.92. The first kappa shape index (κ1) is 10.1. The molecule has 0 aliphatic carbocycles. The highest BCUT2D eigenvalue weighted by Gasteiger charge is 2.16. The molecule has 14 heavy (non-hydrogen) atoms. The molecule has 0 fully saturated rings. The van der Waals surface area contributed by atoms with Crippen LogP contribution >= 0.6 is 0 Å². The van der Waals surface area contributed by atoms with Crippen molar-refractivity contribution in [3.8, 4) is 0 Å². The zero-order chi connectivity index (χ0) is 10.6. The van der Waals surface area contributed by atoms with Crippen molar-refractivity contribution in [2.75, 3.05) is 0 Å². The van der Waals surface area contributed by atoms with Gasteiger partial charge in [0, 0.05) is 12.4 Å². The lowest BCUT2D eigenvalue weighted by molar-refractivity contribution is -0.138. The smallest absolute Gasteiger partial charge is 0.325 e. The van der Waals surface area contributed by atoms with Gasteiger partial charge in [-0.2, -0.15) is 0 Å². The summed E-state index contributed by atoms with van der Waals surface area (Å²) in [4.78, 5) is 29.0. The second kappa shape index (κ2) is 4.31. The number of carbonyl (C=O) groups excluding carboxylic acids is 1. The summed E-state index contributed by atoms with van der Waals surface area (Å²) in [6, 6.07) is 0.614. The van der Waals surface area contributed by atoms with Crippen LogP contribution in [0.25, 0.3) is 0 Å². The number of nitrogens with zero attached hydrogens (tertiary/aromatic N) is 2. The molecule has 0 saturated heterocycles. The summed E-state index contributed by atoms with van der Waals surface area (Å²) in [6.45, 7) is 1.36. The van der Waals surface area contributed by atoms with Crippen LogP contribution in [0.1, 0.15) is 17.5 Å². The van der Waals surface area contributed by atoms with E-state index in [1.54, 1.807) is 6.07 Å². The zero-order valence-corrected chi connectivity index (χ0v) is 7.47. The normalized spacial score (nSPS) is 11.8. The molecule has 1 amide bonds. The molecule has 0 aliphatic rings. The van der Waals surface area contributed by atoms with E-state index in [9.17, 15) is 9.59 Å². The van der Waals surface area contributed by atoms with Gasteiger partial charge in [0.15, 0.2) is 0 Å². The van der Waals surface area contributed by atoms with Gasteiger partial charge in [-0.1, -0.05) is 0 Å². The fourth-order valence-corrected chi connectivity index (χ4v) is 0.739. The van der Waals surface area contributed by atoms with E-state index in [0.29, 0.717) is 0 Å². The number of carboxylic acid groups (broad SMARTS) is 1. The molecule has 0 saturated carbocycles. The Bertz CT molecular complexity index is 339. The maximum Gasteiger partial charge on any atom is 0.325 e. The van der Waals surface area contributed by atoms with Crippen molar-refractivity contribution in [2.45, 2.75) is 13.0 Å². The lowest BCUT2D eigenvalue weighted by atomic mass is 10.3. The lowest BCUT2D eigenvalue weighted by Crippen LogP contribution is -2.39. The Labute approximate surface area is 80.0 Å². The van der Waals surface area contributed by atoms with Gasteiger partial charge in [0.1, 0.15) is 6.04 Å². The summed E-state index contributed by atoms with van der Waals surface area (Å²) < 4.78 is 0. The molecule has 0 spiro atoms. The topological polar surface area (TPSA) is 92.2 Å². The van der Waals surface area contributed by atoms with Gasteiger partial charge in [0.25, 0.3) is 5.91 Å². The van der Waals surface area contributed by atoms with Gasteiger partial charge in [0.05, 0.1) is 0 Å². The van der Waals surface area contributed by atoms with Gasteiger partial charge in [-0.3, -0.25) is 9.59 Å². The van der Waals surface area contributed by atoms with Crippen LogP contribution in [0.4, 0.5) is 0 Å². The largest absolute Gasteiger partial charge is 0.480 e. The van der Waals surface area contributed by atoms with E-state index in [-0.39, 0.29) is 5.82 Å². The number of hydrogen-bond donors (Lipinski definition) is 2. The number of rotatable bonds is 3. The molecule has 1 heterocycles. The van der Waals surface area contributed by atoms with Crippen LogP contribution in [-0.2, 0) is 4.79 Å². The molecule has 6 heteroatoms. The molecule has 1 atom stereocenters. The summed E-state index contributed by atoms with van der Waals surface area (Å²) in [5.41, 5.74) is 0. The standard InChI is InChI=1S/C8H9N3O3/c1-5(8(13)14)11-7(12)6-9-3-2-4-10-6/h2-5H,1H3,(H,11,12)(H,13,14)/t5-/m0/s1. The van der Waals surface area contributed by atoms with Gasteiger partial charge in [-0.15, -0.1) is 0 Å². The number of aromatic nitrogens is 2. The Hall–Kier alpha value is -1.98. The number of amides is 1. The summed E-state index contributed by atoms with van der Waals surface area (Å²) >= 11 is 0. The molecule has 1 rings (SSSR count). The predicted molar refractivity (Wildman–Crippen MR) is 46.6 cm³/mol. The number of aliphatic carboxylic acids is 1.